The van der Waals surface area contributed by atoms with E-state index in [1.165, 1.54) is 23.6 Å². The van der Waals surface area contributed by atoms with Crippen molar-refractivity contribution in [3.63, 3.8) is 0 Å². The minimum Gasteiger partial charge on any atom is -0.507 e. The standard InChI is InChI=1S/C23H24N2O6/c1-4-6-17-18(9-8-16(14(3)26)22(17)28)30-13-15-7-10-20-24-11-19(31-21(27)5-2)23(29)25(20)12-15/h7-12,28H,4-6,13H2,1-3H3. The molecule has 162 valence electrons. The second-order valence-electron chi connectivity index (χ2n) is 7.05. The Morgan fingerprint density at radius 1 is 1.13 bits per heavy atom. The van der Waals surface area contributed by atoms with Crippen LogP contribution in [0.15, 0.2) is 41.5 Å². The molecule has 2 aromatic heterocycles. The number of Topliss-reactive ketones (excluding diaryl/α,β-unsaturated/α-hetero) is 1. The molecular formula is C23H24N2O6. The van der Waals surface area contributed by atoms with Crippen LogP contribution in [0.5, 0.6) is 17.2 Å². The van der Waals surface area contributed by atoms with Gasteiger partial charge >= 0.3 is 11.5 Å². The molecule has 31 heavy (non-hydrogen) atoms. The monoisotopic (exact) mass is 424 g/mol. The maximum Gasteiger partial charge on any atom is 0.311 e. The summed E-state index contributed by atoms with van der Waals surface area (Å²) >= 11 is 0. The van der Waals surface area contributed by atoms with Gasteiger partial charge in [0.15, 0.2) is 5.78 Å². The molecule has 0 amide bonds. The van der Waals surface area contributed by atoms with Crippen molar-refractivity contribution in [2.45, 2.75) is 46.6 Å². The Kier molecular flexibility index (Phi) is 6.69. The lowest BCUT2D eigenvalue weighted by Gasteiger charge is -2.15. The average Bonchev–Trinajstić information content (AvgIpc) is 2.76. The van der Waals surface area contributed by atoms with Crippen molar-refractivity contribution in [1.29, 1.82) is 0 Å². The Labute approximate surface area is 179 Å². The molecule has 0 saturated carbocycles. The van der Waals surface area contributed by atoms with E-state index in [0.717, 1.165) is 6.42 Å². The van der Waals surface area contributed by atoms with Gasteiger partial charge in [-0.2, -0.15) is 0 Å². The predicted octanol–water partition coefficient (Wildman–Crippen LogP) is 3.45. The second-order valence-corrected chi connectivity index (χ2v) is 7.05. The number of hydrogen-bond acceptors (Lipinski definition) is 7. The Balaban J connectivity index is 1.89. The Morgan fingerprint density at radius 3 is 2.58 bits per heavy atom. The van der Waals surface area contributed by atoms with Crippen LogP contribution >= 0.6 is 0 Å². The normalized spacial score (nSPS) is 10.8. The first kappa shape index (κ1) is 22.0. The summed E-state index contributed by atoms with van der Waals surface area (Å²) < 4.78 is 12.2. The molecule has 3 aromatic rings. The summed E-state index contributed by atoms with van der Waals surface area (Å²) in [6.07, 6.45) is 4.26. The number of carbonyl (C=O) groups is 2. The van der Waals surface area contributed by atoms with E-state index in [1.54, 1.807) is 31.3 Å². The van der Waals surface area contributed by atoms with Gasteiger partial charge in [0.1, 0.15) is 23.8 Å². The quantitative estimate of drug-likeness (QED) is 0.436. The van der Waals surface area contributed by atoms with Crippen molar-refractivity contribution in [3.8, 4) is 17.2 Å². The number of ether oxygens (including phenoxy) is 2. The van der Waals surface area contributed by atoms with Crippen LogP contribution in [0.2, 0.25) is 0 Å². The van der Waals surface area contributed by atoms with E-state index < -0.39 is 11.5 Å². The highest BCUT2D eigenvalue weighted by Gasteiger charge is 2.16. The SMILES string of the molecule is CCCc1c(OCc2ccc3ncc(OC(=O)CC)c(=O)n3c2)ccc(C(C)=O)c1O. The third-order valence-electron chi connectivity index (χ3n) is 4.76. The fraction of sp³-hybridized carbons (Fsp3) is 0.304. The van der Waals surface area contributed by atoms with Crippen molar-refractivity contribution >= 4 is 17.4 Å². The number of carbonyl (C=O) groups excluding carboxylic acids is 2. The van der Waals surface area contributed by atoms with Gasteiger partial charge < -0.3 is 14.6 Å². The van der Waals surface area contributed by atoms with Crippen molar-refractivity contribution < 1.29 is 24.2 Å². The first-order chi connectivity index (χ1) is 14.8. The van der Waals surface area contributed by atoms with Gasteiger partial charge in [-0.25, -0.2) is 4.98 Å². The van der Waals surface area contributed by atoms with Crippen LogP contribution in [0.3, 0.4) is 0 Å². The molecule has 0 radical (unpaired) electrons. The van der Waals surface area contributed by atoms with Crippen LogP contribution in [0, 0.1) is 0 Å². The lowest BCUT2D eigenvalue weighted by molar-refractivity contribution is -0.134. The molecule has 1 N–H and O–H groups in total. The number of hydrogen-bond donors (Lipinski definition) is 1. The van der Waals surface area contributed by atoms with Crippen LogP contribution in [0.1, 0.15) is 55.1 Å². The number of benzene rings is 1. The van der Waals surface area contributed by atoms with E-state index in [1.807, 2.05) is 6.92 Å². The van der Waals surface area contributed by atoms with E-state index in [4.69, 9.17) is 9.47 Å². The van der Waals surface area contributed by atoms with Gasteiger partial charge in [0.05, 0.1) is 11.8 Å². The molecule has 0 saturated heterocycles. The zero-order chi connectivity index (χ0) is 22.5. The number of phenols is 1. The van der Waals surface area contributed by atoms with E-state index >= 15 is 0 Å². The number of aromatic hydroxyl groups is 1. The van der Waals surface area contributed by atoms with E-state index in [0.29, 0.717) is 28.9 Å². The van der Waals surface area contributed by atoms with Crippen molar-refractivity contribution in [1.82, 2.24) is 9.38 Å². The number of ketones is 1. The third kappa shape index (κ3) is 4.74. The van der Waals surface area contributed by atoms with Gasteiger partial charge in [0, 0.05) is 23.7 Å². The van der Waals surface area contributed by atoms with E-state index in [-0.39, 0.29) is 35.9 Å². The Morgan fingerprint density at radius 2 is 1.90 bits per heavy atom. The van der Waals surface area contributed by atoms with Crippen molar-refractivity contribution in [2.75, 3.05) is 0 Å². The fourth-order valence-electron chi connectivity index (χ4n) is 3.14. The molecule has 2 heterocycles. The summed E-state index contributed by atoms with van der Waals surface area (Å²) in [6, 6.07) is 6.63. The minimum atomic E-state index is -0.518. The van der Waals surface area contributed by atoms with Gasteiger partial charge in [-0.1, -0.05) is 26.3 Å². The summed E-state index contributed by atoms with van der Waals surface area (Å²) in [5.41, 5.74) is 1.41. The molecule has 0 aliphatic heterocycles. The Bertz CT molecular complexity index is 1200. The van der Waals surface area contributed by atoms with Crippen LogP contribution in [0.4, 0.5) is 0 Å². The number of rotatable bonds is 8. The number of pyridine rings is 1. The summed E-state index contributed by atoms with van der Waals surface area (Å²) in [5.74, 6) is -0.468. The molecule has 3 rings (SSSR count). The maximum absolute atomic E-state index is 12.6. The van der Waals surface area contributed by atoms with E-state index in [9.17, 15) is 19.5 Å². The average molecular weight is 424 g/mol. The van der Waals surface area contributed by atoms with Crippen molar-refractivity contribution in [2.24, 2.45) is 0 Å². The summed E-state index contributed by atoms with van der Waals surface area (Å²) in [6.45, 7) is 5.13. The number of nitrogens with zero attached hydrogens (tertiary/aromatic N) is 2. The highest BCUT2D eigenvalue weighted by atomic mass is 16.5. The lowest BCUT2D eigenvalue weighted by Crippen LogP contribution is -2.20. The molecule has 0 bridgehead atoms. The third-order valence-corrected chi connectivity index (χ3v) is 4.76. The molecule has 0 aliphatic rings. The molecular weight excluding hydrogens is 400 g/mol. The van der Waals surface area contributed by atoms with Crippen LogP contribution in [-0.4, -0.2) is 26.2 Å². The van der Waals surface area contributed by atoms with Crippen LogP contribution in [0.25, 0.3) is 5.65 Å². The number of phenolic OH excluding ortho intramolecular Hbond substituents is 1. The van der Waals surface area contributed by atoms with Gasteiger partial charge in [-0.05, 0) is 31.5 Å². The summed E-state index contributed by atoms with van der Waals surface area (Å²) in [4.78, 5) is 40.0. The number of fused-ring (bicyclic) bond motifs is 1. The molecule has 8 heteroatoms. The lowest BCUT2D eigenvalue weighted by atomic mass is 10.0. The zero-order valence-electron chi connectivity index (χ0n) is 17.7. The highest BCUT2D eigenvalue weighted by Crippen LogP contribution is 2.33. The molecule has 0 spiro atoms. The fourth-order valence-corrected chi connectivity index (χ4v) is 3.14. The van der Waals surface area contributed by atoms with Gasteiger partial charge in [0.2, 0.25) is 5.75 Å². The zero-order valence-corrected chi connectivity index (χ0v) is 17.7. The highest BCUT2D eigenvalue weighted by molar-refractivity contribution is 5.97. The van der Waals surface area contributed by atoms with Gasteiger partial charge in [-0.3, -0.25) is 18.8 Å². The molecule has 8 nitrogen and oxygen atoms in total. The van der Waals surface area contributed by atoms with Gasteiger partial charge in [0.25, 0.3) is 0 Å². The first-order valence-corrected chi connectivity index (χ1v) is 10.0. The van der Waals surface area contributed by atoms with Gasteiger partial charge in [-0.15, -0.1) is 0 Å². The maximum atomic E-state index is 12.6. The molecule has 0 fully saturated rings. The number of aromatic nitrogens is 2. The first-order valence-electron chi connectivity index (χ1n) is 10.0. The topological polar surface area (TPSA) is 107 Å². The summed E-state index contributed by atoms with van der Waals surface area (Å²) in [7, 11) is 0. The van der Waals surface area contributed by atoms with Crippen LogP contribution in [-0.2, 0) is 17.8 Å². The molecule has 0 unspecified atom stereocenters. The second kappa shape index (κ2) is 9.42. The smallest absolute Gasteiger partial charge is 0.311 e. The molecule has 1 aromatic carbocycles. The van der Waals surface area contributed by atoms with Crippen LogP contribution < -0.4 is 15.0 Å². The summed E-state index contributed by atoms with van der Waals surface area (Å²) in [5, 5.41) is 10.5. The largest absolute Gasteiger partial charge is 0.507 e. The van der Waals surface area contributed by atoms with Crippen molar-refractivity contribution in [3.05, 3.63) is 63.7 Å². The molecule has 0 atom stereocenters. The van der Waals surface area contributed by atoms with E-state index in [2.05, 4.69) is 4.98 Å². The Hall–Kier alpha value is -3.68. The predicted molar refractivity (Wildman–Crippen MR) is 114 cm³/mol. The molecule has 0 aliphatic carbocycles. The minimum absolute atomic E-state index is 0.0619. The number of esters is 1.